The highest BCUT2D eigenvalue weighted by atomic mass is 15.2. The van der Waals surface area contributed by atoms with Crippen LogP contribution in [0.25, 0.3) is 0 Å². The van der Waals surface area contributed by atoms with Crippen molar-refractivity contribution in [2.24, 2.45) is 5.84 Å². The second-order valence-corrected chi connectivity index (χ2v) is 4.50. The quantitative estimate of drug-likeness (QED) is 0.567. The van der Waals surface area contributed by atoms with E-state index in [9.17, 15) is 0 Å². The van der Waals surface area contributed by atoms with Crippen LogP contribution in [0.5, 0.6) is 0 Å². The minimum absolute atomic E-state index is 0.141. The summed E-state index contributed by atoms with van der Waals surface area (Å²) >= 11 is 0. The van der Waals surface area contributed by atoms with Gasteiger partial charge in [0.2, 0.25) is 0 Å². The predicted molar refractivity (Wildman–Crippen MR) is 73.7 cm³/mol. The van der Waals surface area contributed by atoms with Crippen molar-refractivity contribution in [3.05, 3.63) is 58.8 Å². The highest BCUT2D eigenvalue weighted by Crippen LogP contribution is 2.25. The Morgan fingerprint density at radius 3 is 2.39 bits per heavy atom. The molecule has 1 atom stereocenters. The molecule has 1 aromatic heterocycles. The predicted octanol–water partition coefficient (Wildman–Crippen LogP) is 1.83. The van der Waals surface area contributed by atoms with Gasteiger partial charge in [0.25, 0.3) is 0 Å². The molecule has 0 saturated heterocycles. The van der Waals surface area contributed by atoms with E-state index in [4.69, 9.17) is 11.6 Å². The first kappa shape index (κ1) is 12.5. The molecular weight excluding hydrogens is 224 g/mol. The van der Waals surface area contributed by atoms with Gasteiger partial charge in [-0.2, -0.15) is 0 Å². The number of benzene rings is 1. The number of hydrogen-bond donors (Lipinski definition) is 3. The van der Waals surface area contributed by atoms with Gasteiger partial charge < -0.3 is 5.73 Å². The molecule has 18 heavy (non-hydrogen) atoms. The number of nitrogen functional groups attached to an aromatic ring is 1. The maximum absolute atomic E-state index is 5.93. The Balaban J connectivity index is 2.44. The summed E-state index contributed by atoms with van der Waals surface area (Å²) in [6, 6.07) is 10.1. The van der Waals surface area contributed by atoms with Gasteiger partial charge in [0.15, 0.2) is 0 Å². The van der Waals surface area contributed by atoms with Crippen LogP contribution in [0.3, 0.4) is 0 Å². The smallest absolute Gasteiger partial charge is 0.128 e. The van der Waals surface area contributed by atoms with E-state index in [-0.39, 0.29) is 6.04 Å². The van der Waals surface area contributed by atoms with Crippen molar-refractivity contribution in [3.63, 3.8) is 0 Å². The summed E-state index contributed by atoms with van der Waals surface area (Å²) < 4.78 is 0. The third-order valence-corrected chi connectivity index (χ3v) is 2.97. The number of aryl methyl sites for hydroxylation is 2. The lowest BCUT2D eigenvalue weighted by molar-refractivity contribution is 0.636. The average Bonchev–Trinajstić information content (AvgIpc) is 2.37. The first-order valence-electron chi connectivity index (χ1n) is 5.86. The van der Waals surface area contributed by atoms with Crippen LogP contribution in [-0.2, 0) is 0 Å². The molecular formula is C14H18N4. The minimum Gasteiger partial charge on any atom is -0.383 e. The van der Waals surface area contributed by atoms with Gasteiger partial charge in [-0.1, -0.05) is 29.8 Å². The molecule has 0 radical (unpaired) electrons. The van der Waals surface area contributed by atoms with E-state index in [0.29, 0.717) is 5.82 Å². The van der Waals surface area contributed by atoms with Crippen molar-refractivity contribution in [1.29, 1.82) is 0 Å². The van der Waals surface area contributed by atoms with Gasteiger partial charge in [0, 0.05) is 11.8 Å². The van der Waals surface area contributed by atoms with E-state index in [0.717, 1.165) is 16.7 Å². The first-order valence-corrected chi connectivity index (χ1v) is 5.86. The van der Waals surface area contributed by atoms with Gasteiger partial charge >= 0.3 is 0 Å². The summed E-state index contributed by atoms with van der Waals surface area (Å²) in [4.78, 5) is 4.17. The van der Waals surface area contributed by atoms with Crippen molar-refractivity contribution >= 4 is 5.82 Å². The van der Waals surface area contributed by atoms with Crippen LogP contribution < -0.4 is 17.0 Å². The van der Waals surface area contributed by atoms with E-state index in [1.54, 1.807) is 6.20 Å². The number of nitrogens with one attached hydrogen (secondary N) is 1. The van der Waals surface area contributed by atoms with Gasteiger partial charge in [-0.3, -0.25) is 5.84 Å². The second kappa shape index (κ2) is 5.16. The van der Waals surface area contributed by atoms with Crippen molar-refractivity contribution < 1.29 is 0 Å². The summed E-state index contributed by atoms with van der Waals surface area (Å²) in [7, 11) is 0. The summed E-state index contributed by atoms with van der Waals surface area (Å²) in [5.74, 6) is 6.16. The van der Waals surface area contributed by atoms with Crippen LogP contribution in [0.15, 0.2) is 36.5 Å². The van der Waals surface area contributed by atoms with Crippen LogP contribution >= 0.6 is 0 Å². The lowest BCUT2D eigenvalue weighted by Gasteiger charge is -2.18. The zero-order chi connectivity index (χ0) is 13.1. The third kappa shape index (κ3) is 2.50. The van der Waals surface area contributed by atoms with Crippen molar-refractivity contribution in [2.75, 3.05) is 5.73 Å². The molecule has 4 nitrogen and oxygen atoms in total. The second-order valence-electron chi connectivity index (χ2n) is 4.50. The third-order valence-electron chi connectivity index (χ3n) is 2.97. The fourth-order valence-corrected chi connectivity index (χ4v) is 1.96. The Hall–Kier alpha value is -1.91. The molecule has 2 rings (SSSR count). The molecule has 2 aromatic rings. The maximum Gasteiger partial charge on any atom is 0.128 e. The molecule has 4 heteroatoms. The SMILES string of the molecule is Cc1ccc(C(NN)c2cc(C)cnc2N)cc1. The van der Waals surface area contributed by atoms with E-state index in [2.05, 4.69) is 29.5 Å². The van der Waals surface area contributed by atoms with E-state index in [1.165, 1.54) is 5.56 Å². The number of rotatable bonds is 3. The number of pyridine rings is 1. The molecule has 0 spiro atoms. The molecule has 94 valence electrons. The van der Waals surface area contributed by atoms with Crippen LogP contribution in [0.1, 0.15) is 28.3 Å². The summed E-state index contributed by atoms with van der Waals surface area (Å²) in [5, 5.41) is 0. The average molecular weight is 242 g/mol. The molecule has 0 aliphatic carbocycles. The number of nitrogens with zero attached hydrogens (tertiary/aromatic N) is 1. The molecule has 0 aliphatic rings. The Kier molecular flexibility index (Phi) is 3.60. The Morgan fingerprint density at radius 2 is 1.78 bits per heavy atom. The van der Waals surface area contributed by atoms with Crippen LogP contribution in [0.2, 0.25) is 0 Å². The van der Waals surface area contributed by atoms with Gasteiger partial charge in [-0.15, -0.1) is 0 Å². The maximum atomic E-state index is 5.93. The molecule has 1 unspecified atom stereocenters. The zero-order valence-corrected chi connectivity index (χ0v) is 10.6. The molecule has 1 heterocycles. The van der Waals surface area contributed by atoms with E-state index < -0.39 is 0 Å². The largest absolute Gasteiger partial charge is 0.383 e. The molecule has 0 fully saturated rings. The molecule has 1 aromatic carbocycles. The number of anilines is 1. The van der Waals surface area contributed by atoms with Crippen molar-refractivity contribution in [1.82, 2.24) is 10.4 Å². The summed E-state index contributed by atoms with van der Waals surface area (Å²) in [5.41, 5.74) is 13.0. The van der Waals surface area contributed by atoms with Gasteiger partial charge in [-0.25, -0.2) is 10.4 Å². The van der Waals surface area contributed by atoms with Crippen LogP contribution in [-0.4, -0.2) is 4.98 Å². The Morgan fingerprint density at radius 1 is 1.11 bits per heavy atom. The Bertz CT molecular complexity index is 534. The molecule has 0 aliphatic heterocycles. The normalized spacial score (nSPS) is 12.4. The first-order chi connectivity index (χ1) is 8.61. The van der Waals surface area contributed by atoms with Crippen molar-refractivity contribution in [2.45, 2.75) is 19.9 Å². The summed E-state index contributed by atoms with van der Waals surface area (Å²) in [6.45, 7) is 4.04. The zero-order valence-electron chi connectivity index (χ0n) is 10.6. The highest BCUT2D eigenvalue weighted by Gasteiger charge is 2.15. The van der Waals surface area contributed by atoms with Gasteiger partial charge in [0.1, 0.15) is 5.82 Å². The van der Waals surface area contributed by atoms with E-state index >= 15 is 0 Å². The molecule has 0 saturated carbocycles. The molecule has 0 bridgehead atoms. The Labute approximate surface area is 107 Å². The van der Waals surface area contributed by atoms with Crippen LogP contribution in [0, 0.1) is 13.8 Å². The monoisotopic (exact) mass is 242 g/mol. The summed E-state index contributed by atoms with van der Waals surface area (Å²) in [6.07, 6.45) is 1.75. The molecule has 0 amide bonds. The van der Waals surface area contributed by atoms with Crippen LogP contribution in [0.4, 0.5) is 5.82 Å². The lowest BCUT2D eigenvalue weighted by atomic mass is 9.98. The van der Waals surface area contributed by atoms with Gasteiger partial charge in [0.05, 0.1) is 6.04 Å². The van der Waals surface area contributed by atoms with E-state index in [1.807, 2.05) is 25.1 Å². The fourth-order valence-electron chi connectivity index (χ4n) is 1.96. The number of hydrazine groups is 1. The molecule has 5 N–H and O–H groups in total. The highest BCUT2D eigenvalue weighted by molar-refractivity contribution is 5.47. The lowest BCUT2D eigenvalue weighted by Crippen LogP contribution is -2.29. The van der Waals surface area contributed by atoms with Gasteiger partial charge in [-0.05, 0) is 31.0 Å². The van der Waals surface area contributed by atoms with Crippen molar-refractivity contribution in [3.8, 4) is 0 Å². The topological polar surface area (TPSA) is 77.0 Å². The number of nitrogens with two attached hydrogens (primary N) is 2. The number of hydrogen-bond acceptors (Lipinski definition) is 4. The minimum atomic E-state index is -0.141. The fraction of sp³-hybridized carbons (Fsp3) is 0.214. The number of aromatic nitrogens is 1. The standard InChI is InChI=1S/C14H18N4/c1-9-3-5-11(6-4-9)13(18-16)12-7-10(2)8-17-14(12)15/h3-8,13,18H,16H2,1-2H3,(H2,15,17).